The van der Waals surface area contributed by atoms with E-state index >= 15 is 0 Å². The fraction of sp³-hybridized carbons (Fsp3) is 0.350. The van der Waals surface area contributed by atoms with E-state index in [0.29, 0.717) is 6.54 Å². The van der Waals surface area contributed by atoms with Gasteiger partial charge in [-0.05, 0) is 32.4 Å². The molecule has 0 radical (unpaired) electrons. The maximum absolute atomic E-state index is 12.7. The van der Waals surface area contributed by atoms with E-state index in [1.807, 2.05) is 69.3 Å². The molecule has 3 rings (SSSR count). The monoisotopic (exact) mass is 341 g/mol. The first kappa shape index (κ1) is 17.3. The molecule has 0 unspecified atom stereocenters. The van der Waals surface area contributed by atoms with Crippen molar-refractivity contribution in [2.75, 3.05) is 6.79 Å². The van der Waals surface area contributed by atoms with Crippen LogP contribution in [0.25, 0.3) is 0 Å². The minimum Gasteiger partial charge on any atom is -0.459 e. The molecule has 5 nitrogen and oxygen atoms in total. The predicted molar refractivity (Wildman–Crippen MR) is 94.4 cm³/mol. The smallest absolute Gasteiger partial charge is 0.328 e. The Labute approximate surface area is 147 Å². The molecule has 132 valence electrons. The summed E-state index contributed by atoms with van der Waals surface area (Å²) in [5, 5.41) is 3.29. The van der Waals surface area contributed by atoms with Gasteiger partial charge in [-0.2, -0.15) is 0 Å². The number of rotatable bonds is 5. The first-order valence-corrected chi connectivity index (χ1v) is 8.33. The number of carbonyl (C=O) groups is 1. The van der Waals surface area contributed by atoms with E-state index in [9.17, 15) is 4.79 Å². The number of ether oxygens (including phenoxy) is 3. The molecular weight excluding hydrogens is 318 g/mol. The third kappa shape index (κ3) is 4.31. The van der Waals surface area contributed by atoms with E-state index in [1.165, 1.54) is 0 Å². The Bertz CT molecular complexity index is 737. The van der Waals surface area contributed by atoms with E-state index in [0.717, 1.165) is 22.6 Å². The molecule has 5 heteroatoms. The quantitative estimate of drug-likeness (QED) is 0.842. The molecular formula is C20H23NO4. The van der Waals surface area contributed by atoms with Crippen molar-refractivity contribution >= 4 is 5.97 Å². The minimum absolute atomic E-state index is 0.223. The topological polar surface area (TPSA) is 56.8 Å². The van der Waals surface area contributed by atoms with Gasteiger partial charge in [-0.3, -0.25) is 5.32 Å². The van der Waals surface area contributed by atoms with E-state index in [-0.39, 0.29) is 12.8 Å². The van der Waals surface area contributed by atoms with Gasteiger partial charge in [0.05, 0.1) is 0 Å². The lowest BCUT2D eigenvalue weighted by atomic mass is 10.1. The maximum Gasteiger partial charge on any atom is 0.328 e. The Balaban J connectivity index is 1.79. The molecule has 0 aliphatic carbocycles. The number of esters is 1. The average Bonchev–Trinajstić information content (AvgIpc) is 3.04. The second-order valence-corrected chi connectivity index (χ2v) is 6.91. The van der Waals surface area contributed by atoms with Crippen LogP contribution in [0.1, 0.15) is 37.9 Å². The third-order valence-electron chi connectivity index (χ3n) is 3.75. The molecule has 0 aromatic heterocycles. The highest BCUT2D eigenvalue weighted by Crippen LogP contribution is 2.35. The second-order valence-electron chi connectivity index (χ2n) is 6.91. The summed E-state index contributed by atoms with van der Waals surface area (Å²) in [6.45, 7) is 6.28. The van der Waals surface area contributed by atoms with Crippen LogP contribution in [0.5, 0.6) is 11.5 Å². The van der Waals surface area contributed by atoms with Crippen molar-refractivity contribution in [1.29, 1.82) is 0 Å². The lowest BCUT2D eigenvalue weighted by Crippen LogP contribution is -2.34. The van der Waals surface area contributed by atoms with Crippen LogP contribution in [0.4, 0.5) is 0 Å². The van der Waals surface area contributed by atoms with Gasteiger partial charge in [0, 0.05) is 12.1 Å². The van der Waals surface area contributed by atoms with E-state index in [1.54, 1.807) is 0 Å². The Hall–Kier alpha value is -2.53. The van der Waals surface area contributed by atoms with Gasteiger partial charge in [0.1, 0.15) is 11.6 Å². The van der Waals surface area contributed by atoms with Crippen molar-refractivity contribution < 1.29 is 19.0 Å². The molecule has 0 amide bonds. The van der Waals surface area contributed by atoms with E-state index in [4.69, 9.17) is 14.2 Å². The predicted octanol–water partition coefficient (Wildman–Crippen LogP) is 3.59. The number of fused-ring (bicyclic) bond motifs is 1. The van der Waals surface area contributed by atoms with Crippen molar-refractivity contribution in [3.8, 4) is 11.5 Å². The zero-order valence-corrected chi connectivity index (χ0v) is 14.7. The zero-order valence-electron chi connectivity index (χ0n) is 14.7. The zero-order chi connectivity index (χ0) is 17.9. The highest BCUT2D eigenvalue weighted by atomic mass is 16.7. The molecule has 1 aliphatic rings. The summed E-state index contributed by atoms with van der Waals surface area (Å²) in [5.41, 5.74) is 1.26. The van der Waals surface area contributed by atoms with Gasteiger partial charge >= 0.3 is 5.97 Å². The molecule has 1 N–H and O–H groups in total. The number of hydrogen-bond acceptors (Lipinski definition) is 5. The van der Waals surface area contributed by atoms with Crippen LogP contribution in [-0.4, -0.2) is 18.4 Å². The van der Waals surface area contributed by atoms with Gasteiger partial charge in [-0.15, -0.1) is 0 Å². The summed E-state index contributed by atoms with van der Waals surface area (Å²) in [6, 6.07) is 14.7. The van der Waals surface area contributed by atoms with Gasteiger partial charge in [0.15, 0.2) is 11.5 Å². The van der Waals surface area contributed by atoms with Gasteiger partial charge in [0.25, 0.3) is 0 Å². The Morgan fingerprint density at radius 1 is 1.12 bits per heavy atom. The summed E-state index contributed by atoms with van der Waals surface area (Å²) in [4.78, 5) is 12.7. The van der Waals surface area contributed by atoms with Gasteiger partial charge < -0.3 is 14.2 Å². The molecule has 0 spiro atoms. The molecule has 0 saturated heterocycles. The van der Waals surface area contributed by atoms with Crippen LogP contribution in [-0.2, 0) is 16.1 Å². The molecule has 1 heterocycles. The number of nitrogens with one attached hydrogen (secondary N) is 1. The van der Waals surface area contributed by atoms with Crippen LogP contribution in [0, 0.1) is 0 Å². The molecule has 25 heavy (non-hydrogen) atoms. The largest absolute Gasteiger partial charge is 0.459 e. The summed E-state index contributed by atoms with van der Waals surface area (Å²) in [5.74, 6) is 1.15. The van der Waals surface area contributed by atoms with Crippen molar-refractivity contribution in [1.82, 2.24) is 5.32 Å². The first-order chi connectivity index (χ1) is 11.9. The fourth-order valence-electron chi connectivity index (χ4n) is 2.69. The van der Waals surface area contributed by atoms with E-state index < -0.39 is 11.6 Å². The van der Waals surface area contributed by atoms with Crippen molar-refractivity contribution in [2.24, 2.45) is 0 Å². The molecule has 0 fully saturated rings. The standard InChI is InChI=1S/C20H23NO4/c1-20(2,3)25-19(22)17(14-8-5-4-6-9-14)21-12-15-10-7-11-16-18(15)24-13-23-16/h4-11,17,21H,12-13H2,1-3H3/t17-/m1/s1. The second kappa shape index (κ2) is 7.15. The maximum atomic E-state index is 12.7. The van der Waals surface area contributed by atoms with Gasteiger partial charge in [-0.25, -0.2) is 4.79 Å². The molecule has 0 saturated carbocycles. The number of benzene rings is 2. The molecule has 1 atom stereocenters. The van der Waals surface area contributed by atoms with Crippen molar-refractivity contribution in [3.63, 3.8) is 0 Å². The number of para-hydroxylation sites is 1. The Morgan fingerprint density at radius 3 is 2.60 bits per heavy atom. The molecule has 2 aromatic carbocycles. The SMILES string of the molecule is CC(C)(C)OC(=O)[C@H](NCc1cccc2c1OCO2)c1ccccc1. The normalized spacial score (nSPS) is 14.2. The fourth-order valence-corrected chi connectivity index (χ4v) is 2.69. The van der Waals surface area contributed by atoms with Crippen molar-refractivity contribution in [2.45, 2.75) is 39.0 Å². The van der Waals surface area contributed by atoms with E-state index in [2.05, 4.69) is 5.32 Å². The lowest BCUT2D eigenvalue weighted by Gasteiger charge is -2.25. The summed E-state index contributed by atoms with van der Waals surface area (Å²) in [6.07, 6.45) is 0. The number of hydrogen-bond donors (Lipinski definition) is 1. The van der Waals surface area contributed by atoms with Crippen molar-refractivity contribution in [3.05, 3.63) is 59.7 Å². The van der Waals surface area contributed by atoms with Crippen LogP contribution in [0.15, 0.2) is 48.5 Å². The summed E-state index contributed by atoms with van der Waals surface area (Å²) in [7, 11) is 0. The summed E-state index contributed by atoms with van der Waals surface area (Å²) < 4.78 is 16.5. The molecule has 2 aromatic rings. The average molecular weight is 341 g/mol. The van der Waals surface area contributed by atoms with Gasteiger partial charge in [-0.1, -0.05) is 42.5 Å². The third-order valence-corrected chi connectivity index (χ3v) is 3.75. The highest BCUT2D eigenvalue weighted by Gasteiger charge is 2.27. The van der Waals surface area contributed by atoms with Crippen LogP contribution in [0.3, 0.4) is 0 Å². The molecule has 0 bridgehead atoms. The lowest BCUT2D eigenvalue weighted by molar-refractivity contribution is -0.157. The number of carbonyl (C=O) groups excluding carboxylic acids is 1. The minimum atomic E-state index is -0.557. The summed E-state index contributed by atoms with van der Waals surface area (Å²) >= 11 is 0. The van der Waals surface area contributed by atoms with Crippen LogP contribution >= 0.6 is 0 Å². The molecule has 1 aliphatic heterocycles. The van der Waals surface area contributed by atoms with Crippen LogP contribution in [0.2, 0.25) is 0 Å². The van der Waals surface area contributed by atoms with Gasteiger partial charge in [0.2, 0.25) is 6.79 Å². The Morgan fingerprint density at radius 2 is 1.88 bits per heavy atom. The highest BCUT2D eigenvalue weighted by molar-refractivity contribution is 5.78. The Kier molecular flexibility index (Phi) is 4.95. The van der Waals surface area contributed by atoms with Crippen LogP contribution < -0.4 is 14.8 Å². The first-order valence-electron chi connectivity index (χ1n) is 8.33.